The van der Waals surface area contributed by atoms with Gasteiger partial charge in [0, 0.05) is 6.61 Å². The quantitative estimate of drug-likeness (QED) is 0.919. The Hall–Kier alpha value is -2.13. The highest BCUT2D eigenvalue weighted by molar-refractivity contribution is 5.81. The minimum atomic E-state index is -0.290. The Balaban J connectivity index is 1.75. The molecule has 1 aliphatic heterocycles. The average Bonchev–Trinajstić information content (AvgIpc) is 3.11. The molecular formula is C19H21NO2. The molecular weight excluding hydrogens is 274 g/mol. The number of nitrogens with one attached hydrogen (secondary N) is 1. The van der Waals surface area contributed by atoms with E-state index >= 15 is 0 Å². The van der Waals surface area contributed by atoms with Gasteiger partial charge in [-0.1, -0.05) is 60.7 Å². The van der Waals surface area contributed by atoms with Gasteiger partial charge in [0.2, 0.25) is 5.91 Å². The van der Waals surface area contributed by atoms with Gasteiger partial charge in [-0.25, -0.2) is 0 Å². The Kier molecular flexibility index (Phi) is 4.86. The van der Waals surface area contributed by atoms with Crippen LogP contribution in [0.25, 0.3) is 0 Å². The fraction of sp³-hybridized carbons (Fsp3) is 0.316. The van der Waals surface area contributed by atoms with Crippen molar-refractivity contribution in [1.82, 2.24) is 5.32 Å². The van der Waals surface area contributed by atoms with Gasteiger partial charge in [0.05, 0.1) is 6.04 Å². The molecule has 1 amide bonds. The Morgan fingerprint density at radius 3 is 2.41 bits per heavy atom. The maximum Gasteiger partial charge on any atom is 0.249 e. The van der Waals surface area contributed by atoms with Gasteiger partial charge in [-0.3, -0.25) is 4.79 Å². The molecule has 2 atom stereocenters. The largest absolute Gasteiger partial charge is 0.368 e. The molecule has 1 saturated heterocycles. The Labute approximate surface area is 131 Å². The lowest BCUT2D eigenvalue weighted by Gasteiger charge is -2.21. The van der Waals surface area contributed by atoms with E-state index in [1.807, 2.05) is 36.4 Å². The minimum absolute atomic E-state index is 0.00211. The van der Waals surface area contributed by atoms with Crippen molar-refractivity contribution in [3.8, 4) is 0 Å². The summed E-state index contributed by atoms with van der Waals surface area (Å²) in [6, 6.07) is 20.3. The summed E-state index contributed by atoms with van der Waals surface area (Å²) in [6.45, 7) is 0.687. The van der Waals surface area contributed by atoms with Crippen molar-refractivity contribution in [2.24, 2.45) is 0 Å². The van der Waals surface area contributed by atoms with E-state index < -0.39 is 0 Å². The zero-order valence-electron chi connectivity index (χ0n) is 12.6. The van der Waals surface area contributed by atoms with Crippen LogP contribution < -0.4 is 5.32 Å². The fourth-order valence-electron chi connectivity index (χ4n) is 2.84. The van der Waals surface area contributed by atoms with Crippen LogP contribution in [0.5, 0.6) is 0 Å². The van der Waals surface area contributed by atoms with Crippen LogP contribution >= 0.6 is 0 Å². The van der Waals surface area contributed by atoms with E-state index in [4.69, 9.17) is 4.74 Å². The smallest absolute Gasteiger partial charge is 0.249 e. The SMILES string of the molecule is O=C(N[C@@H](Cc1ccccc1)c1ccccc1)[C@H]1CCCO1. The molecule has 0 saturated carbocycles. The van der Waals surface area contributed by atoms with Gasteiger partial charge in [0.15, 0.2) is 0 Å². The summed E-state index contributed by atoms with van der Waals surface area (Å²) >= 11 is 0. The molecule has 2 aromatic rings. The van der Waals surface area contributed by atoms with Crippen LogP contribution in [0.15, 0.2) is 60.7 Å². The highest BCUT2D eigenvalue weighted by Crippen LogP contribution is 2.20. The van der Waals surface area contributed by atoms with Crippen LogP contribution in [0.2, 0.25) is 0 Å². The maximum atomic E-state index is 12.4. The lowest BCUT2D eigenvalue weighted by atomic mass is 9.98. The lowest BCUT2D eigenvalue weighted by Crippen LogP contribution is -2.37. The lowest BCUT2D eigenvalue weighted by molar-refractivity contribution is -0.130. The van der Waals surface area contributed by atoms with Crippen LogP contribution in [0.4, 0.5) is 0 Å². The third kappa shape index (κ3) is 3.74. The monoisotopic (exact) mass is 295 g/mol. The summed E-state index contributed by atoms with van der Waals surface area (Å²) in [7, 11) is 0. The van der Waals surface area contributed by atoms with Crippen molar-refractivity contribution in [2.45, 2.75) is 31.4 Å². The van der Waals surface area contributed by atoms with Crippen molar-refractivity contribution in [3.63, 3.8) is 0 Å². The van der Waals surface area contributed by atoms with E-state index in [2.05, 4.69) is 29.6 Å². The number of carbonyl (C=O) groups is 1. The molecule has 0 spiro atoms. The van der Waals surface area contributed by atoms with Gasteiger partial charge in [0.1, 0.15) is 6.10 Å². The minimum Gasteiger partial charge on any atom is -0.368 e. The van der Waals surface area contributed by atoms with Gasteiger partial charge >= 0.3 is 0 Å². The second kappa shape index (κ2) is 7.23. The molecule has 3 rings (SSSR count). The van der Waals surface area contributed by atoms with Crippen molar-refractivity contribution >= 4 is 5.91 Å². The molecule has 0 aromatic heterocycles. The molecule has 114 valence electrons. The number of benzene rings is 2. The number of hydrogen-bond acceptors (Lipinski definition) is 2. The zero-order valence-corrected chi connectivity index (χ0v) is 12.6. The molecule has 3 heteroatoms. The maximum absolute atomic E-state index is 12.4. The normalized spacial score (nSPS) is 18.8. The van der Waals surface area contributed by atoms with Gasteiger partial charge < -0.3 is 10.1 Å². The molecule has 1 N–H and O–H groups in total. The number of carbonyl (C=O) groups excluding carboxylic acids is 1. The standard InChI is InChI=1S/C19H21NO2/c21-19(18-12-7-13-22-18)20-17(16-10-5-2-6-11-16)14-15-8-3-1-4-9-15/h1-6,8-11,17-18H,7,12-14H2,(H,20,21)/t17-,18+/m0/s1. The predicted molar refractivity (Wildman–Crippen MR) is 86.4 cm³/mol. The summed E-state index contributed by atoms with van der Waals surface area (Å²) < 4.78 is 5.49. The highest BCUT2D eigenvalue weighted by atomic mass is 16.5. The molecule has 1 heterocycles. The molecule has 2 aromatic carbocycles. The number of rotatable bonds is 5. The van der Waals surface area contributed by atoms with Crippen molar-refractivity contribution in [1.29, 1.82) is 0 Å². The van der Waals surface area contributed by atoms with Crippen LogP contribution in [0, 0.1) is 0 Å². The second-order valence-electron chi connectivity index (χ2n) is 5.66. The van der Waals surface area contributed by atoms with Gasteiger partial charge in [-0.2, -0.15) is 0 Å². The van der Waals surface area contributed by atoms with Crippen molar-refractivity contribution in [3.05, 3.63) is 71.8 Å². The molecule has 0 bridgehead atoms. The Bertz CT molecular complexity index is 591. The first-order chi connectivity index (χ1) is 10.8. The predicted octanol–water partition coefficient (Wildman–Crippen LogP) is 3.27. The number of amides is 1. The van der Waals surface area contributed by atoms with Crippen LogP contribution in [-0.4, -0.2) is 18.6 Å². The summed E-state index contributed by atoms with van der Waals surface area (Å²) in [5.74, 6) is 0.00211. The summed E-state index contributed by atoms with van der Waals surface area (Å²) in [6.07, 6.45) is 2.27. The van der Waals surface area contributed by atoms with Gasteiger partial charge in [-0.15, -0.1) is 0 Å². The Morgan fingerprint density at radius 2 is 1.77 bits per heavy atom. The molecule has 0 aliphatic carbocycles. The van der Waals surface area contributed by atoms with Crippen LogP contribution in [-0.2, 0) is 16.0 Å². The van der Waals surface area contributed by atoms with E-state index in [0.29, 0.717) is 6.61 Å². The second-order valence-corrected chi connectivity index (χ2v) is 5.66. The van der Waals surface area contributed by atoms with Crippen LogP contribution in [0.3, 0.4) is 0 Å². The highest BCUT2D eigenvalue weighted by Gasteiger charge is 2.26. The summed E-state index contributed by atoms with van der Waals surface area (Å²) in [5.41, 5.74) is 2.33. The Morgan fingerprint density at radius 1 is 1.09 bits per heavy atom. The topological polar surface area (TPSA) is 38.3 Å². The average molecular weight is 295 g/mol. The number of hydrogen-bond donors (Lipinski definition) is 1. The number of ether oxygens (including phenoxy) is 1. The van der Waals surface area contributed by atoms with Crippen LogP contribution in [0.1, 0.15) is 30.0 Å². The third-order valence-electron chi connectivity index (χ3n) is 4.02. The first kappa shape index (κ1) is 14.8. The molecule has 0 unspecified atom stereocenters. The molecule has 3 nitrogen and oxygen atoms in total. The summed E-state index contributed by atoms with van der Waals surface area (Å²) in [4.78, 5) is 12.4. The first-order valence-electron chi connectivity index (χ1n) is 7.84. The molecule has 1 aliphatic rings. The van der Waals surface area contributed by atoms with E-state index in [1.165, 1.54) is 5.56 Å². The van der Waals surface area contributed by atoms with E-state index in [-0.39, 0.29) is 18.1 Å². The fourth-order valence-corrected chi connectivity index (χ4v) is 2.84. The van der Waals surface area contributed by atoms with Crippen molar-refractivity contribution < 1.29 is 9.53 Å². The molecule has 22 heavy (non-hydrogen) atoms. The zero-order chi connectivity index (χ0) is 15.2. The third-order valence-corrected chi connectivity index (χ3v) is 4.02. The first-order valence-corrected chi connectivity index (χ1v) is 7.84. The van der Waals surface area contributed by atoms with Crippen molar-refractivity contribution in [2.75, 3.05) is 6.61 Å². The van der Waals surface area contributed by atoms with Gasteiger partial charge in [-0.05, 0) is 30.4 Å². The molecule has 0 radical (unpaired) electrons. The summed E-state index contributed by atoms with van der Waals surface area (Å²) in [5, 5.41) is 3.16. The van der Waals surface area contributed by atoms with E-state index in [0.717, 1.165) is 24.8 Å². The molecule has 1 fully saturated rings. The van der Waals surface area contributed by atoms with E-state index in [9.17, 15) is 4.79 Å². The van der Waals surface area contributed by atoms with E-state index in [1.54, 1.807) is 0 Å². The van der Waals surface area contributed by atoms with Gasteiger partial charge in [0.25, 0.3) is 0 Å².